The molecule has 0 fully saturated rings. The third-order valence-corrected chi connectivity index (χ3v) is 3.80. The monoisotopic (exact) mass is 264 g/mol. The summed E-state index contributed by atoms with van der Waals surface area (Å²) in [5, 5.41) is 3.61. The minimum atomic E-state index is -0.126. The van der Waals surface area contributed by atoms with Crippen molar-refractivity contribution in [3.63, 3.8) is 0 Å². The van der Waals surface area contributed by atoms with Gasteiger partial charge in [0.2, 0.25) is 0 Å². The zero-order chi connectivity index (χ0) is 13.7. The van der Waals surface area contributed by atoms with E-state index in [9.17, 15) is 4.39 Å². The highest BCUT2D eigenvalue weighted by Gasteiger charge is 2.22. The molecule has 1 aromatic rings. The van der Waals surface area contributed by atoms with Gasteiger partial charge in [0.05, 0.1) is 0 Å². The van der Waals surface area contributed by atoms with Crippen molar-refractivity contribution in [1.82, 2.24) is 5.32 Å². The van der Waals surface area contributed by atoms with Gasteiger partial charge in [0.1, 0.15) is 5.82 Å². The van der Waals surface area contributed by atoms with Crippen molar-refractivity contribution < 1.29 is 4.39 Å². The predicted molar refractivity (Wildman–Crippen MR) is 79.3 cm³/mol. The maximum absolute atomic E-state index is 13.4. The van der Waals surface area contributed by atoms with E-state index in [0.29, 0.717) is 6.04 Å². The van der Waals surface area contributed by atoms with E-state index in [4.69, 9.17) is 0 Å². The number of nitrogens with zero attached hydrogens (tertiary/aromatic N) is 1. The Morgan fingerprint density at radius 1 is 1.32 bits per heavy atom. The molecule has 0 amide bonds. The van der Waals surface area contributed by atoms with Gasteiger partial charge in [-0.1, -0.05) is 26.3 Å². The predicted octanol–water partition coefficient (Wildman–Crippen LogP) is 3.36. The normalized spacial score (nSPS) is 15.6. The summed E-state index contributed by atoms with van der Waals surface area (Å²) in [6, 6.07) is 5.70. The smallest absolute Gasteiger partial charge is 0.125 e. The summed E-state index contributed by atoms with van der Waals surface area (Å²) in [5.41, 5.74) is 2.38. The summed E-state index contributed by atoms with van der Waals surface area (Å²) in [6.07, 6.45) is 4.57. The molecule has 2 rings (SSSR count). The summed E-state index contributed by atoms with van der Waals surface area (Å²) in [4.78, 5) is 2.33. The summed E-state index contributed by atoms with van der Waals surface area (Å²) in [5.74, 6) is -0.126. The number of nitrogens with one attached hydrogen (secondary N) is 1. The zero-order valence-corrected chi connectivity index (χ0v) is 12.1. The van der Waals surface area contributed by atoms with Crippen LogP contribution in [0.2, 0.25) is 0 Å². The van der Waals surface area contributed by atoms with Crippen molar-refractivity contribution in [2.45, 2.75) is 45.6 Å². The van der Waals surface area contributed by atoms with E-state index < -0.39 is 0 Å². The number of anilines is 1. The Hall–Kier alpha value is -1.09. The number of halogens is 1. The molecule has 0 bridgehead atoms. The molecule has 1 atom stereocenters. The van der Waals surface area contributed by atoms with E-state index in [1.54, 1.807) is 12.1 Å². The second-order valence-corrected chi connectivity index (χ2v) is 5.41. The van der Waals surface area contributed by atoms with E-state index in [1.165, 1.54) is 18.4 Å². The molecule has 0 aromatic heterocycles. The molecule has 0 radical (unpaired) electrons. The van der Waals surface area contributed by atoms with Crippen LogP contribution in [0.1, 0.15) is 38.7 Å². The standard InChI is InChI=1S/C16H25FN2/c1-3-5-15(18-9-4-2)12-19-10-8-13-6-7-14(17)11-16(13)19/h6-7,11,15,18H,3-5,8-10,12H2,1-2H3. The van der Waals surface area contributed by atoms with Crippen LogP contribution in [0.15, 0.2) is 18.2 Å². The fourth-order valence-electron chi connectivity index (χ4n) is 2.83. The van der Waals surface area contributed by atoms with Crippen LogP contribution in [0.3, 0.4) is 0 Å². The van der Waals surface area contributed by atoms with Crippen molar-refractivity contribution >= 4 is 5.69 Å². The van der Waals surface area contributed by atoms with E-state index in [2.05, 4.69) is 24.1 Å². The SMILES string of the molecule is CCCNC(CCC)CN1CCc2ccc(F)cc21. The molecule has 0 spiro atoms. The van der Waals surface area contributed by atoms with Gasteiger partial charge in [-0.15, -0.1) is 0 Å². The van der Waals surface area contributed by atoms with Crippen LogP contribution in [0, 0.1) is 5.82 Å². The van der Waals surface area contributed by atoms with E-state index >= 15 is 0 Å². The first-order valence-corrected chi connectivity index (χ1v) is 7.51. The van der Waals surface area contributed by atoms with Gasteiger partial charge in [0.15, 0.2) is 0 Å². The zero-order valence-electron chi connectivity index (χ0n) is 12.1. The molecule has 1 unspecified atom stereocenters. The Balaban J connectivity index is 2.01. The van der Waals surface area contributed by atoms with Crippen molar-refractivity contribution in [2.75, 3.05) is 24.5 Å². The third kappa shape index (κ3) is 3.69. The molecule has 1 aromatic carbocycles. The second kappa shape index (κ2) is 6.90. The molecule has 1 N–H and O–H groups in total. The van der Waals surface area contributed by atoms with Gasteiger partial charge < -0.3 is 10.2 Å². The quantitative estimate of drug-likeness (QED) is 0.812. The molecule has 3 heteroatoms. The average molecular weight is 264 g/mol. The molecule has 0 saturated heterocycles. The lowest BCUT2D eigenvalue weighted by Crippen LogP contribution is -2.40. The van der Waals surface area contributed by atoms with E-state index in [1.807, 2.05) is 6.07 Å². The van der Waals surface area contributed by atoms with Crippen LogP contribution in [0.5, 0.6) is 0 Å². The third-order valence-electron chi connectivity index (χ3n) is 3.80. The van der Waals surface area contributed by atoms with Gasteiger partial charge in [-0.2, -0.15) is 0 Å². The van der Waals surface area contributed by atoms with Crippen molar-refractivity contribution in [3.05, 3.63) is 29.6 Å². The molecule has 0 aliphatic carbocycles. The van der Waals surface area contributed by atoms with Crippen LogP contribution in [0.4, 0.5) is 10.1 Å². The van der Waals surface area contributed by atoms with Gasteiger partial charge >= 0.3 is 0 Å². The summed E-state index contributed by atoms with van der Waals surface area (Å²) >= 11 is 0. The Bertz CT molecular complexity index is 406. The first kappa shape index (κ1) is 14.3. The average Bonchev–Trinajstić information content (AvgIpc) is 2.79. The lowest BCUT2D eigenvalue weighted by molar-refractivity contribution is 0.471. The van der Waals surface area contributed by atoms with Gasteiger partial charge in [-0.3, -0.25) is 0 Å². The largest absolute Gasteiger partial charge is 0.369 e. The lowest BCUT2D eigenvalue weighted by atomic mass is 10.1. The minimum Gasteiger partial charge on any atom is -0.369 e. The molecular weight excluding hydrogens is 239 g/mol. The number of hydrogen-bond donors (Lipinski definition) is 1. The molecule has 1 aliphatic heterocycles. The maximum atomic E-state index is 13.4. The minimum absolute atomic E-state index is 0.126. The first-order chi connectivity index (χ1) is 9.24. The molecule has 106 valence electrons. The number of hydrogen-bond acceptors (Lipinski definition) is 2. The van der Waals surface area contributed by atoms with Gasteiger partial charge in [0, 0.05) is 24.8 Å². The van der Waals surface area contributed by atoms with E-state index in [0.717, 1.165) is 38.2 Å². The lowest BCUT2D eigenvalue weighted by Gasteiger charge is -2.26. The van der Waals surface area contributed by atoms with Crippen molar-refractivity contribution in [2.24, 2.45) is 0 Å². The van der Waals surface area contributed by atoms with Crippen molar-refractivity contribution in [1.29, 1.82) is 0 Å². The van der Waals surface area contributed by atoms with Gasteiger partial charge in [-0.25, -0.2) is 4.39 Å². The van der Waals surface area contributed by atoms with Crippen LogP contribution in [-0.2, 0) is 6.42 Å². The second-order valence-electron chi connectivity index (χ2n) is 5.41. The van der Waals surface area contributed by atoms with Crippen LogP contribution in [-0.4, -0.2) is 25.7 Å². The summed E-state index contributed by atoms with van der Waals surface area (Å²) in [7, 11) is 0. The molecular formula is C16H25FN2. The van der Waals surface area contributed by atoms with E-state index in [-0.39, 0.29) is 5.82 Å². The van der Waals surface area contributed by atoms with Gasteiger partial charge in [-0.05, 0) is 43.5 Å². The Morgan fingerprint density at radius 3 is 2.89 bits per heavy atom. The highest BCUT2D eigenvalue weighted by molar-refractivity contribution is 5.58. The fraction of sp³-hybridized carbons (Fsp3) is 0.625. The Labute approximate surface area is 116 Å². The molecule has 2 nitrogen and oxygen atoms in total. The highest BCUT2D eigenvalue weighted by Crippen LogP contribution is 2.28. The molecule has 1 heterocycles. The Kier molecular flexibility index (Phi) is 5.20. The molecule has 0 saturated carbocycles. The molecule has 19 heavy (non-hydrogen) atoms. The first-order valence-electron chi connectivity index (χ1n) is 7.51. The van der Waals surface area contributed by atoms with Gasteiger partial charge in [0.25, 0.3) is 0 Å². The highest BCUT2D eigenvalue weighted by atomic mass is 19.1. The van der Waals surface area contributed by atoms with Crippen LogP contribution < -0.4 is 10.2 Å². The number of fused-ring (bicyclic) bond motifs is 1. The summed E-state index contributed by atoms with van der Waals surface area (Å²) < 4.78 is 13.4. The van der Waals surface area contributed by atoms with Crippen LogP contribution >= 0.6 is 0 Å². The summed E-state index contributed by atoms with van der Waals surface area (Å²) in [6.45, 7) is 7.49. The molecule has 1 aliphatic rings. The number of benzene rings is 1. The fourth-order valence-corrected chi connectivity index (χ4v) is 2.83. The Morgan fingerprint density at radius 2 is 2.16 bits per heavy atom. The van der Waals surface area contributed by atoms with Crippen molar-refractivity contribution in [3.8, 4) is 0 Å². The van der Waals surface area contributed by atoms with Crippen LogP contribution in [0.25, 0.3) is 0 Å². The topological polar surface area (TPSA) is 15.3 Å². The maximum Gasteiger partial charge on any atom is 0.125 e. The number of rotatable bonds is 7.